The number of amidine groups is 1. The van der Waals surface area contributed by atoms with Crippen molar-refractivity contribution < 1.29 is 5.11 Å². The van der Waals surface area contributed by atoms with E-state index in [1.807, 2.05) is 4.90 Å². The van der Waals surface area contributed by atoms with Gasteiger partial charge in [-0.25, -0.2) is 0 Å². The zero-order valence-electron chi connectivity index (χ0n) is 6.33. The van der Waals surface area contributed by atoms with Crippen molar-refractivity contribution in [3.63, 3.8) is 0 Å². The molecular weight excluding hydrogens is 130 g/mol. The average molecular weight is 143 g/mol. The predicted octanol–water partition coefficient (Wildman–Crippen LogP) is -0.437. The first-order valence-corrected chi connectivity index (χ1v) is 3.42. The smallest absolute Gasteiger partial charge is 0.152 e. The van der Waals surface area contributed by atoms with Crippen LogP contribution in [0.3, 0.4) is 0 Å². The van der Waals surface area contributed by atoms with Crippen LogP contribution >= 0.6 is 0 Å². The molecule has 0 amide bonds. The van der Waals surface area contributed by atoms with E-state index in [0.717, 1.165) is 5.84 Å². The summed E-state index contributed by atoms with van der Waals surface area (Å²) in [5, 5.41) is 12.7. The van der Waals surface area contributed by atoms with Crippen LogP contribution in [0, 0.1) is 0 Å². The van der Waals surface area contributed by atoms with Gasteiger partial charge in [-0.1, -0.05) is 0 Å². The van der Waals surface area contributed by atoms with Crippen molar-refractivity contribution in [3.8, 4) is 0 Å². The summed E-state index contributed by atoms with van der Waals surface area (Å²) in [6, 6.07) is 0.404. The summed E-state index contributed by atoms with van der Waals surface area (Å²) in [7, 11) is 0. The molecule has 58 valence electrons. The Balaban J connectivity index is 2.54. The van der Waals surface area contributed by atoms with E-state index in [-0.39, 0.29) is 6.61 Å². The molecule has 2 N–H and O–H groups in total. The predicted molar refractivity (Wildman–Crippen MR) is 39.5 cm³/mol. The van der Waals surface area contributed by atoms with Crippen LogP contribution in [0.5, 0.6) is 0 Å². The number of hydrogen-bond acceptors (Lipinski definition) is 4. The zero-order chi connectivity index (χ0) is 7.56. The molecule has 1 aliphatic heterocycles. The number of rotatable bonds is 2. The monoisotopic (exact) mass is 143 g/mol. The van der Waals surface area contributed by atoms with Gasteiger partial charge in [-0.2, -0.15) is 5.10 Å². The molecule has 4 heteroatoms. The van der Waals surface area contributed by atoms with Crippen LogP contribution in [0.4, 0.5) is 0 Å². The molecule has 0 bridgehead atoms. The Morgan fingerprint density at radius 2 is 2.50 bits per heavy atom. The van der Waals surface area contributed by atoms with Crippen molar-refractivity contribution >= 4 is 5.84 Å². The molecule has 4 nitrogen and oxygen atoms in total. The number of aliphatic hydroxyl groups excluding tert-OH is 1. The second-order valence-electron chi connectivity index (χ2n) is 2.57. The molecule has 0 aromatic rings. The first-order chi connectivity index (χ1) is 4.75. The largest absolute Gasteiger partial charge is 0.388 e. The summed E-state index contributed by atoms with van der Waals surface area (Å²) in [6.45, 7) is 4.87. The van der Waals surface area contributed by atoms with Gasteiger partial charge in [0.2, 0.25) is 0 Å². The molecule has 0 aromatic carbocycles. The first-order valence-electron chi connectivity index (χ1n) is 3.42. The number of nitrogens with zero attached hydrogens (tertiary/aromatic N) is 2. The van der Waals surface area contributed by atoms with E-state index in [1.165, 1.54) is 0 Å². The fourth-order valence-electron chi connectivity index (χ4n) is 0.965. The highest BCUT2D eigenvalue weighted by molar-refractivity contribution is 5.84. The van der Waals surface area contributed by atoms with Gasteiger partial charge in [-0.15, -0.1) is 0 Å². The van der Waals surface area contributed by atoms with Gasteiger partial charge in [-0.05, 0) is 13.8 Å². The van der Waals surface area contributed by atoms with E-state index in [1.54, 1.807) is 0 Å². The van der Waals surface area contributed by atoms with Crippen LogP contribution in [-0.4, -0.2) is 35.2 Å². The number of nitrogens with one attached hydrogen (secondary N) is 1. The first kappa shape index (κ1) is 7.34. The summed E-state index contributed by atoms with van der Waals surface area (Å²) in [5.74, 6) is 0.731. The van der Waals surface area contributed by atoms with E-state index in [2.05, 4.69) is 24.4 Å². The number of aliphatic hydroxyl groups is 1. The van der Waals surface area contributed by atoms with Crippen LogP contribution in [0.15, 0.2) is 5.10 Å². The molecule has 1 rings (SSSR count). The van der Waals surface area contributed by atoms with Crippen molar-refractivity contribution in [3.05, 3.63) is 0 Å². The van der Waals surface area contributed by atoms with Gasteiger partial charge < -0.3 is 10.0 Å². The van der Waals surface area contributed by atoms with Crippen LogP contribution in [0.1, 0.15) is 13.8 Å². The lowest BCUT2D eigenvalue weighted by Crippen LogP contribution is -2.37. The third-order valence-corrected chi connectivity index (χ3v) is 1.55. The van der Waals surface area contributed by atoms with E-state index < -0.39 is 0 Å². The molecule has 0 aromatic heterocycles. The van der Waals surface area contributed by atoms with Crippen molar-refractivity contribution in [2.45, 2.75) is 19.9 Å². The lowest BCUT2D eigenvalue weighted by atomic mass is 10.3. The Morgan fingerprint density at radius 3 is 2.90 bits per heavy atom. The minimum Gasteiger partial charge on any atom is -0.388 e. The van der Waals surface area contributed by atoms with Gasteiger partial charge in [0.1, 0.15) is 13.3 Å². The second kappa shape index (κ2) is 2.88. The summed E-state index contributed by atoms with van der Waals surface area (Å²) < 4.78 is 0. The van der Waals surface area contributed by atoms with Gasteiger partial charge in [0.15, 0.2) is 5.84 Å². The standard InChI is InChI=1S/C6H13N3O/c1-5(2)9-4-7-8-6(9)3-10/h5,7,10H,3-4H2,1-2H3. The molecule has 1 aliphatic rings. The molecule has 0 radical (unpaired) electrons. The maximum Gasteiger partial charge on any atom is 0.152 e. The molecule has 1 heterocycles. The minimum absolute atomic E-state index is 0.0190. The van der Waals surface area contributed by atoms with Gasteiger partial charge in [0.25, 0.3) is 0 Å². The highest BCUT2D eigenvalue weighted by Gasteiger charge is 2.17. The summed E-state index contributed by atoms with van der Waals surface area (Å²) in [6.07, 6.45) is 0. The third-order valence-electron chi connectivity index (χ3n) is 1.55. The SMILES string of the molecule is CC(C)N1CNN=C1CO. The molecule has 0 saturated carbocycles. The fourth-order valence-corrected chi connectivity index (χ4v) is 0.965. The number of hydrogen-bond donors (Lipinski definition) is 2. The minimum atomic E-state index is 0.0190. The zero-order valence-corrected chi connectivity index (χ0v) is 6.33. The normalized spacial score (nSPS) is 17.6. The van der Waals surface area contributed by atoms with Crippen molar-refractivity contribution in [1.82, 2.24) is 10.3 Å². The lowest BCUT2D eigenvalue weighted by molar-refractivity contribution is 0.304. The highest BCUT2D eigenvalue weighted by Crippen LogP contribution is 2.02. The molecule has 0 aliphatic carbocycles. The topological polar surface area (TPSA) is 47.9 Å². The fraction of sp³-hybridized carbons (Fsp3) is 0.833. The molecular formula is C6H13N3O. The van der Waals surface area contributed by atoms with Crippen LogP contribution in [0.25, 0.3) is 0 Å². The molecule has 10 heavy (non-hydrogen) atoms. The Kier molecular flexibility index (Phi) is 2.11. The van der Waals surface area contributed by atoms with Crippen LogP contribution in [0.2, 0.25) is 0 Å². The molecule has 0 fully saturated rings. The molecule has 0 spiro atoms. The molecule has 0 unspecified atom stereocenters. The van der Waals surface area contributed by atoms with Crippen LogP contribution < -0.4 is 5.43 Å². The highest BCUT2D eigenvalue weighted by atomic mass is 16.3. The Labute approximate surface area is 60.5 Å². The Bertz CT molecular complexity index is 144. The lowest BCUT2D eigenvalue weighted by Gasteiger charge is -2.21. The van der Waals surface area contributed by atoms with Crippen molar-refractivity contribution in [1.29, 1.82) is 0 Å². The van der Waals surface area contributed by atoms with Crippen molar-refractivity contribution in [2.75, 3.05) is 13.3 Å². The Morgan fingerprint density at radius 1 is 1.80 bits per heavy atom. The summed E-state index contributed by atoms with van der Waals surface area (Å²) in [4.78, 5) is 2.01. The van der Waals surface area contributed by atoms with Gasteiger partial charge in [0.05, 0.1) is 0 Å². The molecule has 0 atom stereocenters. The third kappa shape index (κ3) is 1.21. The van der Waals surface area contributed by atoms with E-state index in [0.29, 0.717) is 12.7 Å². The maximum absolute atomic E-state index is 8.77. The van der Waals surface area contributed by atoms with E-state index in [4.69, 9.17) is 5.11 Å². The second-order valence-corrected chi connectivity index (χ2v) is 2.57. The van der Waals surface area contributed by atoms with Crippen molar-refractivity contribution in [2.24, 2.45) is 5.10 Å². The quantitative estimate of drug-likeness (QED) is 0.551. The maximum atomic E-state index is 8.77. The van der Waals surface area contributed by atoms with Gasteiger partial charge >= 0.3 is 0 Å². The summed E-state index contributed by atoms with van der Waals surface area (Å²) in [5.41, 5.74) is 2.81. The van der Waals surface area contributed by atoms with E-state index in [9.17, 15) is 0 Å². The van der Waals surface area contributed by atoms with Gasteiger partial charge in [0, 0.05) is 6.04 Å². The number of hydrazone groups is 1. The van der Waals surface area contributed by atoms with Crippen LogP contribution in [-0.2, 0) is 0 Å². The molecule has 0 saturated heterocycles. The summed E-state index contributed by atoms with van der Waals surface area (Å²) >= 11 is 0. The Hall–Kier alpha value is -0.770. The average Bonchev–Trinajstić information content (AvgIpc) is 2.33. The van der Waals surface area contributed by atoms with Gasteiger partial charge in [-0.3, -0.25) is 5.43 Å². The van der Waals surface area contributed by atoms with E-state index >= 15 is 0 Å².